The van der Waals surface area contributed by atoms with Crippen molar-refractivity contribution in [3.63, 3.8) is 0 Å². The van der Waals surface area contributed by atoms with Crippen molar-refractivity contribution in [3.8, 4) is 0 Å². The molecule has 7 rings (SSSR count). The van der Waals surface area contributed by atoms with E-state index in [0.29, 0.717) is 34.7 Å². The van der Waals surface area contributed by atoms with E-state index in [9.17, 15) is 9.59 Å². The normalized spacial score (nSPS) is 15.7. The Bertz CT molecular complexity index is 1810. The molecule has 0 radical (unpaired) electrons. The van der Waals surface area contributed by atoms with Gasteiger partial charge in [-0.1, -0.05) is 65.7 Å². The molecular formula is C36H32Cl2N4O2. The van der Waals surface area contributed by atoms with Crippen LogP contribution < -0.4 is 5.73 Å². The van der Waals surface area contributed by atoms with Crippen LogP contribution in [0.1, 0.15) is 86.7 Å². The van der Waals surface area contributed by atoms with Crippen LogP contribution in [-0.2, 0) is 0 Å². The monoisotopic (exact) mass is 622 g/mol. The van der Waals surface area contributed by atoms with Gasteiger partial charge in [0.05, 0.1) is 22.7 Å². The molecule has 0 spiro atoms. The molecule has 4 aromatic carbocycles. The maximum Gasteiger partial charge on any atom is 0.254 e. The molecule has 44 heavy (non-hydrogen) atoms. The molecule has 0 unspecified atom stereocenters. The topological polar surface area (TPSA) is 81.2 Å². The minimum atomic E-state index is -0.588. The van der Waals surface area contributed by atoms with Gasteiger partial charge >= 0.3 is 0 Å². The minimum absolute atomic E-state index is 0.00384. The van der Waals surface area contributed by atoms with Crippen LogP contribution in [0, 0.1) is 0 Å². The fraction of sp³-hybridized carbons (Fsp3) is 0.250. The molecule has 8 heteroatoms. The Morgan fingerprint density at radius 1 is 0.750 bits per heavy atom. The molecule has 1 aliphatic carbocycles. The number of hydrogen-bond donors (Lipinski definition) is 1. The summed E-state index contributed by atoms with van der Waals surface area (Å²) in [6, 6.07) is 29.9. The summed E-state index contributed by atoms with van der Waals surface area (Å²) in [5.74, 6) is -0.476. The van der Waals surface area contributed by atoms with Crippen molar-refractivity contribution in [2.24, 2.45) is 5.73 Å². The Morgan fingerprint density at radius 2 is 1.32 bits per heavy atom. The van der Waals surface area contributed by atoms with E-state index in [1.54, 1.807) is 24.3 Å². The van der Waals surface area contributed by atoms with Gasteiger partial charge in [-0.2, -0.15) is 5.10 Å². The number of nitrogens with two attached hydrogens (primary N) is 1. The molecule has 222 valence electrons. The number of nitrogens with zero attached hydrogens (tertiary/aromatic N) is 3. The lowest BCUT2D eigenvalue weighted by atomic mass is 9.84. The second-order valence-corrected chi connectivity index (χ2v) is 12.7. The molecule has 2 amide bonds. The van der Waals surface area contributed by atoms with E-state index < -0.39 is 5.91 Å². The summed E-state index contributed by atoms with van der Waals surface area (Å²) in [5.41, 5.74) is 11.9. The molecule has 2 N–H and O–H groups in total. The highest BCUT2D eigenvalue weighted by Crippen LogP contribution is 2.43. The third-order valence-corrected chi connectivity index (χ3v) is 9.49. The van der Waals surface area contributed by atoms with Crippen LogP contribution in [0.4, 0.5) is 0 Å². The number of fused-ring (bicyclic) bond motifs is 1. The number of carbonyl (C=O) groups is 2. The van der Waals surface area contributed by atoms with E-state index >= 15 is 0 Å². The molecule has 5 aromatic rings. The van der Waals surface area contributed by atoms with Gasteiger partial charge in [0.25, 0.3) is 5.91 Å². The SMILES string of the molecule is NC(=O)c1ccccc1C(=O)N1CCC(c2c3cc(C(c4ccc(Cl)cc4)c4ccc(Cl)cc4)ccc3nn2C2CC2)CC1. The molecular weight excluding hydrogens is 591 g/mol. The molecule has 2 aliphatic rings. The first kappa shape index (κ1) is 28.6. The van der Waals surface area contributed by atoms with Crippen molar-refractivity contribution < 1.29 is 9.59 Å². The maximum absolute atomic E-state index is 13.4. The summed E-state index contributed by atoms with van der Waals surface area (Å²) in [6.07, 6.45) is 3.90. The summed E-state index contributed by atoms with van der Waals surface area (Å²) in [4.78, 5) is 27.2. The molecule has 1 aromatic heterocycles. The highest BCUT2D eigenvalue weighted by atomic mass is 35.5. The van der Waals surface area contributed by atoms with Gasteiger partial charge in [0, 0.05) is 46.1 Å². The largest absolute Gasteiger partial charge is 0.366 e. The van der Waals surface area contributed by atoms with Crippen molar-refractivity contribution in [1.29, 1.82) is 0 Å². The average Bonchev–Trinajstić information content (AvgIpc) is 3.83. The van der Waals surface area contributed by atoms with Crippen molar-refractivity contribution in [2.45, 2.75) is 43.6 Å². The van der Waals surface area contributed by atoms with Crippen LogP contribution in [0.15, 0.2) is 91.0 Å². The third-order valence-electron chi connectivity index (χ3n) is 8.98. The molecule has 1 aliphatic heterocycles. The fourth-order valence-corrected chi connectivity index (χ4v) is 6.87. The van der Waals surface area contributed by atoms with Gasteiger partial charge in [-0.25, -0.2) is 0 Å². The van der Waals surface area contributed by atoms with E-state index in [2.05, 4.69) is 47.1 Å². The summed E-state index contributed by atoms with van der Waals surface area (Å²) in [5, 5.41) is 7.68. The Hall–Kier alpha value is -4.13. The highest BCUT2D eigenvalue weighted by molar-refractivity contribution is 6.30. The van der Waals surface area contributed by atoms with E-state index in [1.165, 1.54) is 16.6 Å². The van der Waals surface area contributed by atoms with E-state index in [-0.39, 0.29) is 23.3 Å². The number of amides is 2. The van der Waals surface area contributed by atoms with Gasteiger partial charge in [-0.15, -0.1) is 0 Å². The van der Waals surface area contributed by atoms with Crippen LogP contribution in [0.5, 0.6) is 0 Å². The highest BCUT2D eigenvalue weighted by Gasteiger charge is 2.34. The van der Waals surface area contributed by atoms with Crippen LogP contribution in [-0.4, -0.2) is 39.6 Å². The van der Waals surface area contributed by atoms with Crippen LogP contribution in [0.3, 0.4) is 0 Å². The number of hydrogen-bond acceptors (Lipinski definition) is 3. The smallest absolute Gasteiger partial charge is 0.254 e. The second-order valence-electron chi connectivity index (χ2n) is 11.8. The number of rotatable bonds is 7. The van der Waals surface area contributed by atoms with Gasteiger partial charge in [0.15, 0.2) is 0 Å². The lowest BCUT2D eigenvalue weighted by Crippen LogP contribution is -2.39. The second kappa shape index (κ2) is 11.8. The zero-order valence-electron chi connectivity index (χ0n) is 24.1. The number of aromatic nitrogens is 2. The van der Waals surface area contributed by atoms with E-state index in [0.717, 1.165) is 42.3 Å². The Morgan fingerprint density at radius 3 is 1.89 bits per heavy atom. The van der Waals surface area contributed by atoms with Gasteiger partial charge in [-0.3, -0.25) is 14.3 Å². The predicted octanol–water partition coefficient (Wildman–Crippen LogP) is 7.98. The number of likely N-dealkylation sites (tertiary alicyclic amines) is 1. The summed E-state index contributed by atoms with van der Waals surface area (Å²) >= 11 is 12.5. The first-order chi connectivity index (χ1) is 21.4. The fourth-order valence-electron chi connectivity index (χ4n) is 6.62. The molecule has 6 nitrogen and oxygen atoms in total. The third kappa shape index (κ3) is 5.49. The Kier molecular flexibility index (Phi) is 7.65. The Balaban J connectivity index is 1.23. The van der Waals surface area contributed by atoms with Gasteiger partial charge in [0.1, 0.15) is 0 Å². The van der Waals surface area contributed by atoms with Crippen LogP contribution >= 0.6 is 23.2 Å². The predicted molar refractivity (Wildman–Crippen MR) is 175 cm³/mol. The van der Waals surface area contributed by atoms with Crippen molar-refractivity contribution in [3.05, 3.63) is 135 Å². The summed E-state index contributed by atoms with van der Waals surface area (Å²) < 4.78 is 2.26. The van der Waals surface area contributed by atoms with Crippen LogP contribution in [0.2, 0.25) is 10.0 Å². The lowest BCUT2D eigenvalue weighted by Gasteiger charge is -2.33. The molecule has 0 atom stereocenters. The molecule has 1 saturated carbocycles. The lowest BCUT2D eigenvalue weighted by molar-refractivity contribution is 0.0707. The molecule has 2 fully saturated rings. The zero-order chi connectivity index (χ0) is 30.4. The number of primary amides is 1. The number of piperidine rings is 1. The standard InChI is InChI=1S/C36H32Cl2N4O2/c37-26-10-5-22(6-11-26)33(23-7-12-27(38)13-8-23)25-9-16-32-31(21-25)34(42(40-32)28-14-15-28)24-17-19-41(20-18-24)36(44)30-4-2-1-3-29(30)35(39)43/h1-13,16,21,24,28,33H,14-15,17-20H2,(H2,39,43). The summed E-state index contributed by atoms with van der Waals surface area (Å²) in [6.45, 7) is 1.21. The average molecular weight is 624 g/mol. The molecule has 0 bridgehead atoms. The van der Waals surface area contributed by atoms with Gasteiger partial charge in [-0.05, 0) is 90.9 Å². The zero-order valence-corrected chi connectivity index (χ0v) is 25.6. The Labute approximate surface area is 266 Å². The molecule has 1 saturated heterocycles. The first-order valence-corrected chi connectivity index (χ1v) is 15.8. The van der Waals surface area contributed by atoms with Crippen LogP contribution in [0.25, 0.3) is 10.9 Å². The van der Waals surface area contributed by atoms with Gasteiger partial charge < -0.3 is 10.6 Å². The maximum atomic E-state index is 13.4. The van der Waals surface area contributed by atoms with Gasteiger partial charge in [0.2, 0.25) is 5.91 Å². The molecule has 2 heterocycles. The number of halogens is 2. The summed E-state index contributed by atoms with van der Waals surface area (Å²) in [7, 11) is 0. The quantitative estimate of drug-likeness (QED) is 0.187. The number of benzene rings is 4. The van der Waals surface area contributed by atoms with E-state index in [1.807, 2.05) is 29.2 Å². The van der Waals surface area contributed by atoms with E-state index in [4.69, 9.17) is 34.0 Å². The first-order valence-electron chi connectivity index (χ1n) is 15.1. The van der Waals surface area contributed by atoms with Crippen molar-refractivity contribution in [2.75, 3.05) is 13.1 Å². The minimum Gasteiger partial charge on any atom is -0.366 e. The number of carbonyl (C=O) groups excluding carboxylic acids is 2. The van der Waals surface area contributed by atoms with Crippen molar-refractivity contribution in [1.82, 2.24) is 14.7 Å². The van der Waals surface area contributed by atoms with Crippen molar-refractivity contribution >= 4 is 45.9 Å².